The lowest BCUT2D eigenvalue weighted by atomic mass is 9.78. The molecule has 1 saturated carbocycles. The fourth-order valence-corrected chi connectivity index (χ4v) is 2.47. The summed E-state index contributed by atoms with van der Waals surface area (Å²) in [5.74, 6) is -0.691. The van der Waals surface area contributed by atoms with Gasteiger partial charge in [-0.25, -0.2) is 9.18 Å². The van der Waals surface area contributed by atoms with Gasteiger partial charge in [-0.05, 0) is 33.6 Å². The van der Waals surface area contributed by atoms with Gasteiger partial charge in [0, 0.05) is 12.5 Å². The highest BCUT2D eigenvalue weighted by Crippen LogP contribution is 2.35. The molecule has 3 rings (SSSR count). The molecule has 2 unspecified atom stereocenters. The number of alkyl halides is 1. The zero-order valence-electron chi connectivity index (χ0n) is 10.4. The van der Waals surface area contributed by atoms with E-state index in [1.54, 1.807) is 20.8 Å². The topological polar surface area (TPSA) is 46.6 Å². The minimum atomic E-state index is -1.53. The molecule has 3 atom stereocenters. The third-order valence-corrected chi connectivity index (χ3v) is 3.27. The average molecular weight is 243 g/mol. The Morgan fingerprint density at radius 3 is 2.59 bits per heavy atom. The molecule has 2 bridgehead atoms. The molecule has 2 heterocycles. The predicted octanol–water partition coefficient (Wildman–Crippen LogP) is 1.92. The van der Waals surface area contributed by atoms with Crippen LogP contribution in [0, 0.1) is 5.92 Å². The van der Waals surface area contributed by atoms with E-state index in [0.717, 1.165) is 0 Å². The van der Waals surface area contributed by atoms with Gasteiger partial charge in [-0.3, -0.25) is 4.79 Å². The maximum atomic E-state index is 13.7. The Bertz CT molecular complexity index is 346. The first-order valence-electron chi connectivity index (χ1n) is 5.97. The molecular weight excluding hydrogens is 225 g/mol. The number of ether oxygens (including phenoxy) is 1. The molecule has 0 radical (unpaired) electrons. The Hall–Kier alpha value is -1.13. The first-order chi connectivity index (χ1) is 7.79. The maximum absolute atomic E-state index is 13.7. The summed E-state index contributed by atoms with van der Waals surface area (Å²) < 4.78 is 18.9. The largest absolute Gasteiger partial charge is 0.444 e. The van der Waals surface area contributed by atoms with Gasteiger partial charge in [-0.2, -0.15) is 0 Å². The maximum Gasteiger partial charge on any atom is 0.410 e. The van der Waals surface area contributed by atoms with Crippen molar-refractivity contribution in [1.29, 1.82) is 0 Å². The Morgan fingerprint density at radius 2 is 2.06 bits per heavy atom. The number of halogens is 1. The molecule has 3 fully saturated rings. The van der Waals surface area contributed by atoms with Crippen LogP contribution in [0.4, 0.5) is 9.18 Å². The molecule has 0 aromatic carbocycles. The minimum Gasteiger partial charge on any atom is -0.444 e. The Morgan fingerprint density at radius 1 is 1.41 bits per heavy atom. The summed E-state index contributed by atoms with van der Waals surface area (Å²) in [6, 6.07) is -0.623. The lowest BCUT2D eigenvalue weighted by molar-refractivity contribution is -0.141. The van der Waals surface area contributed by atoms with Crippen molar-refractivity contribution in [1.82, 2.24) is 4.90 Å². The van der Waals surface area contributed by atoms with Gasteiger partial charge in [-0.1, -0.05) is 0 Å². The van der Waals surface area contributed by atoms with E-state index in [2.05, 4.69) is 0 Å². The number of nitrogens with zero attached hydrogens (tertiary/aromatic N) is 1. The molecule has 0 aromatic heterocycles. The summed E-state index contributed by atoms with van der Waals surface area (Å²) in [5, 5.41) is 0. The van der Waals surface area contributed by atoms with E-state index in [0.29, 0.717) is 19.4 Å². The van der Waals surface area contributed by atoms with Crippen LogP contribution in [0.5, 0.6) is 0 Å². The highest BCUT2D eigenvalue weighted by Gasteiger charge is 2.49. The normalized spacial score (nSPS) is 32.8. The molecule has 0 aromatic rings. The van der Waals surface area contributed by atoms with Gasteiger partial charge in [0.15, 0.2) is 12.0 Å². The van der Waals surface area contributed by atoms with E-state index >= 15 is 0 Å². The highest BCUT2D eigenvalue weighted by molar-refractivity contribution is 5.89. The number of fused-ring (bicyclic) bond motifs is 3. The fraction of sp³-hybridized carbons (Fsp3) is 0.833. The lowest BCUT2D eigenvalue weighted by Crippen LogP contribution is -2.61. The van der Waals surface area contributed by atoms with Gasteiger partial charge in [0.2, 0.25) is 0 Å². The Labute approximate surface area is 100 Å². The van der Waals surface area contributed by atoms with Gasteiger partial charge in [0.25, 0.3) is 0 Å². The van der Waals surface area contributed by atoms with Crippen molar-refractivity contribution in [3.05, 3.63) is 0 Å². The average Bonchev–Trinajstić information content (AvgIpc) is 2.22. The van der Waals surface area contributed by atoms with E-state index < -0.39 is 23.9 Å². The summed E-state index contributed by atoms with van der Waals surface area (Å²) in [4.78, 5) is 24.7. The number of Topliss-reactive ketones (excluding diaryl/α,β-unsaturated/α-hetero) is 1. The molecule has 5 heteroatoms. The van der Waals surface area contributed by atoms with Crippen molar-refractivity contribution < 1.29 is 18.7 Å². The Kier molecular flexibility index (Phi) is 2.87. The molecular formula is C12H18FNO3. The van der Waals surface area contributed by atoms with E-state index in [9.17, 15) is 14.0 Å². The number of hydrogen-bond acceptors (Lipinski definition) is 3. The highest BCUT2D eigenvalue weighted by atomic mass is 19.1. The number of carbonyl (C=O) groups is 2. The van der Waals surface area contributed by atoms with E-state index in [-0.39, 0.29) is 11.7 Å². The molecule has 96 valence electrons. The van der Waals surface area contributed by atoms with Gasteiger partial charge >= 0.3 is 6.09 Å². The lowest BCUT2D eigenvalue weighted by Gasteiger charge is -2.45. The number of rotatable bonds is 0. The fourth-order valence-electron chi connectivity index (χ4n) is 2.47. The third-order valence-electron chi connectivity index (χ3n) is 3.27. The zero-order chi connectivity index (χ0) is 12.8. The second-order valence-corrected chi connectivity index (χ2v) is 5.78. The molecule has 1 aliphatic carbocycles. The van der Waals surface area contributed by atoms with Crippen LogP contribution in [0.2, 0.25) is 0 Å². The van der Waals surface area contributed by atoms with Gasteiger partial charge < -0.3 is 9.64 Å². The summed E-state index contributed by atoms with van der Waals surface area (Å²) >= 11 is 0. The van der Waals surface area contributed by atoms with Crippen molar-refractivity contribution in [2.45, 2.75) is 51.4 Å². The second-order valence-electron chi connectivity index (χ2n) is 5.78. The minimum absolute atomic E-state index is 0.304. The van der Waals surface area contributed by atoms with Crippen LogP contribution in [0.3, 0.4) is 0 Å². The monoisotopic (exact) mass is 243 g/mol. The quantitative estimate of drug-likeness (QED) is 0.653. The second kappa shape index (κ2) is 3.96. The first kappa shape index (κ1) is 12.3. The SMILES string of the molecule is CC(C)(C)OC(=O)N1CC2CCC1[C@@H](F)C2=O. The van der Waals surface area contributed by atoms with E-state index in [1.807, 2.05) is 0 Å². The summed E-state index contributed by atoms with van der Waals surface area (Å²) in [6.07, 6.45) is -0.808. The van der Waals surface area contributed by atoms with Crippen LogP contribution in [0.25, 0.3) is 0 Å². The number of carbonyl (C=O) groups excluding carboxylic acids is 2. The van der Waals surface area contributed by atoms with Crippen molar-refractivity contribution in [3.63, 3.8) is 0 Å². The van der Waals surface area contributed by atoms with Crippen molar-refractivity contribution in [2.75, 3.05) is 6.54 Å². The van der Waals surface area contributed by atoms with Crippen molar-refractivity contribution in [3.8, 4) is 0 Å². The standard InChI is InChI=1S/C12H18FNO3/c1-12(2,3)17-11(16)14-6-7-4-5-8(14)9(13)10(7)15/h7-9H,4-6H2,1-3H3/t7?,8?,9-/m1/s1. The number of hydrogen-bond donors (Lipinski definition) is 0. The molecule has 0 spiro atoms. The Balaban J connectivity index is 2.09. The zero-order valence-corrected chi connectivity index (χ0v) is 10.4. The summed E-state index contributed by atoms with van der Waals surface area (Å²) in [7, 11) is 0. The number of amides is 1. The summed E-state index contributed by atoms with van der Waals surface area (Å²) in [6.45, 7) is 5.61. The van der Waals surface area contributed by atoms with Crippen LogP contribution >= 0.6 is 0 Å². The van der Waals surface area contributed by atoms with Gasteiger partial charge in [-0.15, -0.1) is 0 Å². The number of ketones is 1. The molecule has 17 heavy (non-hydrogen) atoms. The predicted molar refractivity (Wildman–Crippen MR) is 59.4 cm³/mol. The first-order valence-corrected chi connectivity index (χ1v) is 5.97. The molecule has 1 amide bonds. The van der Waals surface area contributed by atoms with Crippen LogP contribution in [0.1, 0.15) is 33.6 Å². The van der Waals surface area contributed by atoms with Crippen molar-refractivity contribution in [2.24, 2.45) is 5.92 Å². The number of piperidine rings is 2. The van der Waals surface area contributed by atoms with Gasteiger partial charge in [0.05, 0.1) is 6.04 Å². The van der Waals surface area contributed by atoms with Crippen molar-refractivity contribution >= 4 is 11.9 Å². The van der Waals surface area contributed by atoms with Crippen LogP contribution in [-0.2, 0) is 9.53 Å². The van der Waals surface area contributed by atoms with Crippen LogP contribution in [-0.4, -0.2) is 41.1 Å². The molecule has 4 nitrogen and oxygen atoms in total. The van der Waals surface area contributed by atoms with Gasteiger partial charge in [0.1, 0.15) is 5.60 Å². The third kappa shape index (κ3) is 2.28. The van der Waals surface area contributed by atoms with Crippen LogP contribution < -0.4 is 0 Å². The van der Waals surface area contributed by atoms with Crippen LogP contribution in [0.15, 0.2) is 0 Å². The molecule has 2 saturated heterocycles. The molecule has 3 aliphatic rings. The van der Waals surface area contributed by atoms with E-state index in [4.69, 9.17) is 4.74 Å². The summed E-state index contributed by atoms with van der Waals surface area (Å²) in [5.41, 5.74) is -0.594. The molecule has 2 aliphatic heterocycles. The van der Waals surface area contributed by atoms with E-state index in [1.165, 1.54) is 4.90 Å². The molecule has 0 N–H and O–H groups in total. The smallest absolute Gasteiger partial charge is 0.410 e.